The van der Waals surface area contributed by atoms with Crippen molar-refractivity contribution in [1.29, 1.82) is 0 Å². The van der Waals surface area contributed by atoms with E-state index >= 15 is 0 Å². The molecule has 70 heavy (non-hydrogen) atoms. The molecule has 0 aromatic heterocycles. The maximum absolute atomic E-state index is 12.5. The highest BCUT2D eigenvalue weighted by Crippen LogP contribution is 2.18. The van der Waals surface area contributed by atoms with Crippen LogP contribution in [0.5, 0.6) is 0 Å². The summed E-state index contributed by atoms with van der Waals surface area (Å²) in [4.78, 5) is 12.5. The van der Waals surface area contributed by atoms with Crippen molar-refractivity contribution in [3.05, 3.63) is 48.6 Å². The van der Waals surface area contributed by atoms with E-state index in [1.807, 2.05) is 6.08 Å². The van der Waals surface area contributed by atoms with Gasteiger partial charge in [0, 0.05) is 0 Å². The summed E-state index contributed by atoms with van der Waals surface area (Å²) in [5, 5.41) is 33.5. The number of carbonyl (C=O) groups excluding carboxylic acids is 1. The van der Waals surface area contributed by atoms with E-state index < -0.39 is 18.2 Å². The highest BCUT2D eigenvalue weighted by Gasteiger charge is 2.20. The Morgan fingerprint density at radius 2 is 0.657 bits per heavy atom. The zero-order valence-electron chi connectivity index (χ0n) is 47.2. The van der Waals surface area contributed by atoms with Gasteiger partial charge in [0.2, 0.25) is 5.91 Å². The largest absolute Gasteiger partial charge is 0.394 e. The summed E-state index contributed by atoms with van der Waals surface area (Å²) in [6.45, 7) is 4.24. The van der Waals surface area contributed by atoms with E-state index in [1.54, 1.807) is 6.08 Å². The summed E-state index contributed by atoms with van der Waals surface area (Å²) in [6, 6.07) is -0.763. The minimum Gasteiger partial charge on any atom is -0.394 e. The zero-order valence-corrected chi connectivity index (χ0v) is 47.2. The molecule has 0 aliphatic carbocycles. The molecule has 0 aliphatic rings. The van der Waals surface area contributed by atoms with E-state index in [2.05, 4.69) is 55.6 Å². The predicted molar refractivity (Wildman–Crippen MR) is 310 cm³/mol. The smallest absolute Gasteiger partial charge is 0.222 e. The molecule has 5 heteroatoms. The molecule has 0 aromatic rings. The average Bonchev–Trinajstić information content (AvgIpc) is 3.36. The molecule has 0 radical (unpaired) electrons. The second-order valence-corrected chi connectivity index (χ2v) is 21.7. The molecule has 0 saturated heterocycles. The average molecular weight is 983 g/mol. The Labute approximate surface area is 437 Å². The highest BCUT2D eigenvalue weighted by atomic mass is 16.3. The Bertz CT molecular complexity index is 1130. The van der Waals surface area contributed by atoms with Gasteiger partial charge in [-0.3, -0.25) is 4.79 Å². The number of aliphatic hydroxyl groups is 3. The maximum atomic E-state index is 12.5. The van der Waals surface area contributed by atoms with Crippen LogP contribution in [0.4, 0.5) is 0 Å². The Balaban J connectivity index is 3.54. The normalized spacial score (nSPS) is 13.5. The minimum absolute atomic E-state index is 0.00642. The van der Waals surface area contributed by atoms with Crippen LogP contribution in [0.25, 0.3) is 0 Å². The van der Waals surface area contributed by atoms with Crippen LogP contribution in [-0.2, 0) is 4.79 Å². The molecule has 412 valence electrons. The van der Waals surface area contributed by atoms with Crippen molar-refractivity contribution in [3.63, 3.8) is 0 Å². The van der Waals surface area contributed by atoms with Crippen molar-refractivity contribution in [3.8, 4) is 0 Å². The van der Waals surface area contributed by atoms with Gasteiger partial charge < -0.3 is 20.6 Å². The van der Waals surface area contributed by atoms with Gasteiger partial charge in [-0.25, -0.2) is 0 Å². The number of rotatable bonds is 58. The van der Waals surface area contributed by atoms with Crippen LogP contribution >= 0.6 is 0 Å². The number of carbonyl (C=O) groups is 1. The first-order valence-electron chi connectivity index (χ1n) is 31.4. The Morgan fingerprint density at radius 3 is 1.00 bits per heavy atom. The van der Waals surface area contributed by atoms with Crippen LogP contribution in [0.1, 0.15) is 335 Å². The van der Waals surface area contributed by atoms with Gasteiger partial charge in [-0.1, -0.05) is 313 Å². The summed E-state index contributed by atoms with van der Waals surface area (Å²) in [7, 11) is 0. The summed E-state index contributed by atoms with van der Waals surface area (Å²) in [5.41, 5.74) is 0. The second-order valence-electron chi connectivity index (χ2n) is 21.7. The van der Waals surface area contributed by atoms with Gasteiger partial charge >= 0.3 is 0 Å². The van der Waals surface area contributed by atoms with Crippen LogP contribution in [-0.4, -0.2) is 46.1 Å². The quantitative estimate of drug-likeness (QED) is 0.0361. The van der Waals surface area contributed by atoms with Crippen molar-refractivity contribution in [2.45, 2.75) is 353 Å². The van der Waals surface area contributed by atoms with E-state index in [1.165, 1.54) is 270 Å². The van der Waals surface area contributed by atoms with Crippen LogP contribution < -0.4 is 5.32 Å². The van der Waals surface area contributed by atoms with Gasteiger partial charge in [0.25, 0.3) is 0 Å². The molecule has 1 amide bonds. The molecule has 0 aliphatic heterocycles. The van der Waals surface area contributed by atoms with Crippen LogP contribution in [0.3, 0.4) is 0 Å². The van der Waals surface area contributed by atoms with Gasteiger partial charge in [-0.2, -0.15) is 0 Å². The topological polar surface area (TPSA) is 89.8 Å². The molecule has 0 heterocycles. The monoisotopic (exact) mass is 982 g/mol. The number of unbranched alkanes of at least 4 members (excludes halogenated alkanes) is 43. The van der Waals surface area contributed by atoms with E-state index in [-0.39, 0.29) is 18.9 Å². The van der Waals surface area contributed by atoms with Crippen LogP contribution in [0.2, 0.25) is 0 Å². The third-order valence-electron chi connectivity index (χ3n) is 14.6. The first-order valence-corrected chi connectivity index (χ1v) is 31.4. The molecule has 0 saturated carbocycles. The molecule has 0 aromatic carbocycles. The van der Waals surface area contributed by atoms with Crippen molar-refractivity contribution >= 4 is 5.91 Å². The minimum atomic E-state index is -0.954. The van der Waals surface area contributed by atoms with Crippen LogP contribution in [0, 0.1) is 0 Å². The summed E-state index contributed by atoms with van der Waals surface area (Å²) in [5.74, 6) is -0.322. The van der Waals surface area contributed by atoms with E-state index in [0.29, 0.717) is 6.42 Å². The lowest BCUT2D eigenvalue weighted by atomic mass is 10.0. The third-order valence-corrected chi connectivity index (χ3v) is 14.6. The summed E-state index contributed by atoms with van der Waals surface area (Å²) in [6.07, 6.45) is 80.5. The fraction of sp³-hybridized carbons (Fsp3) is 0.862. The summed E-state index contributed by atoms with van der Waals surface area (Å²) < 4.78 is 0. The number of allylic oxidation sites excluding steroid dienone is 7. The molecular weight excluding hydrogens is 859 g/mol. The number of hydrogen-bond acceptors (Lipinski definition) is 4. The highest BCUT2D eigenvalue weighted by molar-refractivity contribution is 5.76. The fourth-order valence-electron chi connectivity index (χ4n) is 9.80. The van der Waals surface area contributed by atoms with Crippen molar-refractivity contribution in [2.75, 3.05) is 6.61 Å². The van der Waals surface area contributed by atoms with E-state index in [9.17, 15) is 20.1 Å². The predicted octanol–water partition coefficient (Wildman–Crippen LogP) is 20.0. The maximum Gasteiger partial charge on any atom is 0.222 e. The molecule has 5 nitrogen and oxygen atoms in total. The number of aliphatic hydroxyl groups excluding tert-OH is 3. The Morgan fingerprint density at radius 1 is 0.371 bits per heavy atom. The number of nitrogens with one attached hydrogen (secondary N) is 1. The molecule has 4 N–H and O–H groups in total. The first kappa shape index (κ1) is 68.3. The van der Waals surface area contributed by atoms with Gasteiger partial charge in [0.15, 0.2) is 0 Å². The standard InChI is InChI=1S/C65H123NO4/c1-3-5-7-9-11-13-15-17-19-21-23-25-26-27-28-29-30-31-32-33-34-35-36-37-38-39-40-42-44-46-48-50-52-54-56-58-62(68)60-65(70)66-63(61-67)64(69)59-57-55-53-51-49-47-45-43-41-24-22-20-18-16-14-12-10-8-6-4-2/h28-29,31-32,49,51,57,59,62-64,67-69H,3-27,30,33-48,50,52-56,58,60-61H2,1-2H3,(H,66,70)/b29-28-,32-31-,51-49+,59-57+. The SMILES string of the molecule is CCCCCCCCCCCCCCC/C=C\C/C=C\CCCCCCCCCCCCCCCCCC(O)CC(=O)NC(CO)C(O)/C=C/CC/C=C/CCCCCCCCCCCCCCCC. The zero-order chi connectivity index (χ0) is 50.7. The summed E-state index contributed by atoms with van der Waals surface area (Å²) >= 11 is 0. The molecule has 0 rings (SSSR count). The molecule has 0 bridgehead atoms. The molecular formula is C65H123NO4. The van der Waals surface area contributed by atoms with Crippen LogP contribution in [0.15, 0.2) is 48.6 Å². The van der Waals surface area contributed by atoms with Crippen molar-refractivity contribution in [1.82, 2.24) is 5.32 Å². The van der Waals surface area contributed by atoms with Crippen molar-refractivity contribution in [2.24, 2.45) is 0 Å². The van der Waals surface area contributed by atoms with E-state index in [0.717, 1.165) is 38.5 Å². The first-order chi connectivity index (χ1) is 34.5. The second kappa shape index (κ2) is 59.9. The van der Waals surface area contributed by atoms with Gasteiger partial charge in [-0.15, -0.1) is 0 Å². The third kappa shape index (κ3) is 55.6. The van der Waals surface area contributed by atoms with Crippen molar-refractivity contribution < 1.29 is 20.1 Å². The molecule has 0 fully saturated rings. The molecule has 3 atom stereocenters. The Kier molecular flexibility index (Phi) is 58.4. The van der Waals surface area contributed by atoms with E-state index in [4.69, 9.17) is 0 Å². The Hall–Kier alpha value is -1.69. The lowest BCUT2D eigenvalue weighted by Gasteiger charge is -2.21. The van der Waals surface area contributed by atoms with Gasteiger partial charge in [-0.05, 0) is 64.2 Å². The molecule has 3 unspecified atom stereocenters. The number of hydrogen-bond donors (Lipinski definition) is 4. The lowest BCUT2D eigenvalue weighted by molar-refractivity contribution is -0.124. The molecule has 0 spiro atoms. The fourth-order valence-corrected chi connectivity index (χ4v) is 9.80. The lowest BCUT2D eigenvalue weighted by Crippen LogP contribution is -2.45. The van der Waals surface area contributed by atoms with Gasteiger partial charge in [0.05, 0.1) is 31.3 Å². The number of amides is 1. The van der Waals surface area contributed by atoms with Gasteiger partial charge in [0.1, 0.15) is 0 Å².